The fraction of sp³-hybridized carbons (Fsp3) is 0.333. The third-order valence-electron chi connectivity index (χ3n) is 3.65. The van der Waals surface area contributed by atoms with Gasteiger partial charge in [-0.2, -0.15) is 5.56 Å². The summed E-state index contributed by atoms with van der Waals surface area (Å²) in [6.45, 7) is 18.1. The predicted octanol–water partition coefficient (Wildman–Crippen LogP) is 11.0. The van der Waals surface area contributed by atoms with Crippen LogP contribution >= 0.6 is 0 Å². The smallest absolute Gasteiger partial charge is 0 e. The van der Waals surface area contributed by atoms with E-state index in [1.54, 1.807) is 0 Å². The van der Waals surface area contributed by atoms with Crippen molar-refractivity contribution in [1.29, 1.82) is 0 Å². The Bertz CT molecular complexity index is 697. The molecule has 0 heterocycles. The Morgan fingerprint density at radius 1 is 0.618 bits per heavy atom. The molecule has 0 saturated heterocycles. The van der Waals surface area contributed by atoms with E-state index < -0.39 is 0 Å². The maximum absolute atomic E-state index is 2.96. The summed E-state index contributed by atoms with van der Waals surface area (Å²) in [6, 6.07) is 31.0. The number of aryl methyl sites for hydroxylation is 1. The number of benzene rings is 3. The van der Waals surface area contributed by atoms with Crippen molar-refractivity contribution in [3.05, 3.63) is 120 Å². The number of hydrogen-bond donors (Lipinski definition) is 0. The van der Waals surface area contributed by atoms with Gasteiger partial charge in [0.25, 0.3) is 0 Å². The zero-order valence-electron chi connectivity index (χ0n) is 23.4. The average molecular weight is 535 g/mol. The maximum atomic E-state index is 2.96. The van der Waals surface area contributed by atoms with Gasteiger partial charge in [0.05, 0.1) is 0 Å². The molecule has 0 unspecified atom stereocenters. The molecule has 0 aromatic heterocycles. The van der Waals surface area contributed by atoms with Crippen molar-refractivity contribution in [3.8, 4) is 0 Å². The van der Waals surface area contributed by atoms with Crippen molar-refractivity contribution in [2.45, 2.75) is 75.2 Å². The summed E-state index contributed by atoms with van der Waals surface area (Å²) in [5, 5.41) is 0. The van der Waals surface area contributed by atoms with Crippen LogP contribution < -0.4 is 0 Å². The molecule has 185 valence electrons. The minimum Gasteiger partial charge on any atom is -0.278 e. The molecular weight excluding hydrogens is 485 g/mol. The molecule has 3 aromatic carbocycles. The van der Waals surface area contributed by atoms with Gasteiger partial charge >= 0.3 is 0 Å². The van der Waals surface area contributed by atoms with E-state index in [2.05, 4.69) is 73.7 Å². The molecule has 0 spiro atoms. The second kappa shape index (κ2) is 35.8. The second-order valence-corrected chi connectivity index (χ2v) is 5.99. The van der Waals surface area contributed by atoms with Gasteiger partial charge in [-0.25, -0.2) is 6.08 Å². The Morgan fingerprint density at radius 2 is 1.00 bits per heavy atom. The first kappa shape index (κ1) is 39.5. The Hall–Kier alpha value is -1.76. The average Bonchev–Trinajstić information content (AvgIpc) is 2.91. The van der Waals surface area contributed by atoms with Crippen molar-refractivity contribution >= 4 is 12.2 Å². The molecule has 1 radical (unpaired) electrons. The molecule has 0 nitrogen and oxygen atoms in total. The van der Waals surface area contributed by atoms with Crippen molar-refractivity contribution in [1.82, 2.24) is 0 Å². The maximum Gasteiger partial charge on any atom is 0 e. The van der Waals surface area contributed by atoms with Crippen molar-refractivity contribution in [3.63, 3.8) is 0 Å². The first-order valence-electron chi connectivity index (χ1n) is 12.6. The van der Waals surface area contributed by atoms with Gasteiger partial charge in [-0.15, -0.1) is 19.1 Å². The van der Waals surface area contributed by atoms with Gasteiger partial charge in [-0.1, -0.05) is 146 Å². The van der Waals surface area contributed by atoms with Crippen molar-refractivity contribution < 1.29 is 32.7 Å². The van der Waals surface area contributed by atoms with E-state index in [4.69, 9.17) is 0 Å². The van der Waals surface area contributed by atoms with Gasteiger partial charge in [0.15, 0.2) is 0 Å². The predicted molar refractivity (Wildman–Crippen MR) is 155 cm³/mol. The van der Waals surface area contributed by atoms with Crippen LogP contribution in [0.25, 0.3) is 12.2 Å². The summed E-state index contributed by atoms with van der Waals surface area (Å²) in [7, 11) is 0. The van der Waals surface area contributed by atoms with Gasteiger partial charge in [0.2, 0.25) is 0 Å². The van der Waals surface area contributed by atoms with Crippen LogP contribution in [0, 0.1) is 6.08 Å². The topological polar surface area (TPSA) is 0 Å². The minimum atomic E-state index is 0. The van der Waals surface area contributed by atoms with E-state index in [0.717, 1.165) is 0 Å². The van der Waals surface area contributed by atoms with Crippen LogP contribution in [0.5, 0.6) is 0 Å². The largest absolute Gasteiger partial charge is 0.278 e. The zero-order valence-corrected chi connectivity index (χ0v) is 26.2. The van der Waals surface area contributed by atoms with Gasteiger partial charge in [0, 0.05) is 32.7 Å². The number of hydrogen-bond acceptors (Lipinski definition) is 0. The molecule has 0 aliphatic heterocycles. The van der Waals surface area contributed by atoms with E-state index in [1.165, 1.54) is 29.5 Å². The molecule has 3 aromatic rings. The minimum absolute atomic E-state index is 0. The first-order valence-corrected chi connectivity index (χ1v) is 12.6. The van der Waals surface area contributed by atoms with Crippen LogP contribution in [-0.4, -0.2) is 0 Å². The van der Waals surface area contributed by atoms with Crippen molar-refractivity contribution in [2.24, 2.45) is 0 Å². The van der Waals surface area contributed by atoms with E-state index in [9.17, 15) is 0 Å². The molecule has 34 heavy (non-hydrogen) atoms. The molecule has 3 rings (SSSR count). The van der Waals surface area contributed by atoms with Gasteiger partial charge < -0.3 is 0 Å². The first-order chi connectivity index (χ1) is 16.3. The van der Waals surface area contributed by atoms with Crippen LogP contribution in [-0.2, 0) is 39.1 Å². The Balaban J connectivity index is -0.000000176. The molecule has 0 N–H and O–H groups in total. The SMILES string of the molecule is CC.CC.CC.CC=Cc1ccccc1.CCCc1ccccc1.C[C-]=Cc1ccccc1.[Y]. The molecular formula is C33H49Y-. The third-order valence-corrected chi connectivity index (χ3v) is 3.65. The van der Waals surface area contributed by atoms with Gasteiger partial charge in [-0.3, -0.25) is 6.08 Å². The Labute approximate surface area is 238 Å². The Kier molecular flexibility index (Phi) is 41.6. The van der Waals surface area contributed by atoms with Crippen LogP contribution in [0.1, 0.15) is 85.4 Å². The van der Waals surface area contributed by atoms with Gasteiger partial charge in [-0.05, 0) is 24.5 Å². The monoisotopic (exact) mass is 534 g/mol. The van der Waals surface area contributed by atoms with Crippen LogP contribution in [0.4, 0.5) is 0 Å². The Morgan fingerprint density at radius 3 is 1.35 bits per heavy atom. The summed E-state index contributed by atoms with van der Waals surface area (Å²) < 4.78 is 0. The fourth-order valence-electron chi connectivity index (χ4n) is 2.41. The molecule has 0 fully saturated rings. The summed E-state index contributed by atoms with van der Waals surface area (Å²) >= 11 is 0. The van der Waals surface area contributed by atoms with Crippen LogP contribution in [0.15, 0.2) is 97.1 Å². The summed E-state index contributed by atoms with van der Waals surface area (Å²) in [4.78, 5) is 0. The van der Waals surface area contributed by atoms with Gasteiger partial charge in [0.1, 0.15) is 0 Å². The fourth-order valence-corrected chi connectivity index (χ4v) is 2.41. The quantitative estimate of drug-likeness (QED) is 0.292. The summed E-state index contributed by atoms with van der Waals surface area (Å²) in [5.41, 5.74) is 3.92. The van der Waals surface area contributed by atoms with Crippen LogP contribution in [0.2, 0.25) is 0 Å². The van der Waals surface area contributed by atoms with E-state index >= 15 is 0 Å². The second-order valence-electron chi connectivity index (χ2n) is 5.99. The van der Waals surface area contributed by atoms with E-state index in [0.29, 0.717) is 0 Å². The van der Waals surface area contributed by atoms with Crippen LogP contribution in [0.3, 0.4) is 0 Å². The van der Waals surface area contributed by atoms with E-state index in [1.807, 2.05) is 104 Å². The molecule has 0 aliphatic rings. The van der Waals surface area contributed by atoms with E-state index in [-0.39, 0.29) is 32.7 Å². The molecule has 0 aliphatic carbocycles. The van der Waals surface area contributed by atoms with Crippen molar-refractivity contribution in [2.75, 3.05) is 0 Å². The number of rotatable bonds is 4. The number of allylic oxidation sites excluding steroid dienone is 2. The normalized spacial score (nSPS) is 8.50. The molecule has 0 bridgehead atoms. The molecule has 1 heteroatoms. The molecule has 0 saturated carbocycles. The standard InChI is InChI=1S/C9H12.C9H10.C9H9.3C2H6.Y/c3*1-2-6-9-7-4-3-5-8-9;3*1-2;/h3-5,7-8H,2,6H2,1H3;2-8H,1H3;3-8H,1H3;3*1-2H3;/q;;-1;;;;. The molecule has 0 amide bonds. The summed E-state index contributed by atoms with van der Waals surface area (Å²) in [5.74, 6) is 0. The molecule has 0 atom stereocenters. The third kappa shape index (κ3) is 26.5. The summed E-state index contributed by atoms with van der Waals surface area (Å²) in [6.07, 6.45) is 11.5. The zero-order chi connectivity index (χ0) is 25.6.